The minimum absolute atomic E-state index is 1.07. The topological polar surface area (TPSA) is 620 Å². The van der Waals surface area contributed by atoms with Gasteiger partial charge in [0.15, 0.2) is 91.7 Å². The number of benzene rings is 10. The van der Waals surface area contributed by atoms with Gasteiger partial charge in [0.25, 0.3) is 0 Å². The van der Waals surface area contributed by atoms with Gasteiger partial charge in [0.05, 0.1) is 43.6 Å². The van der Waals surface area contributed by atoms with Gasteiger partial charge in [-0.25, -0.2) is 0 Å². The molecule has 0 amide bonds. The average molecular weight is 1130 g/mol. The normalized spacial score (nSPS) is 12.0. The van der Waals surface area contributed by atoms with E-state index in [4.69, 9.17) is 4.42 Å². The van der Waals surface area contributed by atoms with E-state index in [2.05, 4.69) is 0 Å². The number of hydrogen-bond acceptors (Lipinski definition) is 31. The van der Waals surface area contributed by atoms with Gasteiger partial charge >= 0.3 is 0 Å². The lowest BCUT2D eigenvalue weighted by atomic mass is 9.81. The highest BCUT2D eigenvalue weighted by Crippen LogP contribution is 2.71. The molecule has 0 bridgehead atoms. The number of fused-ring (bicyclic) bond motifs is 9. The summed E-state index contributed by atoms with van der Waals surface area (Å²) in [7, 11) is 0. The highest BCUT2D eigenvalue weighted by Gasteiger charge is 2.42. The Hall–Kier alpha value is -12.7. The summed E-state index contributed by atoms with van der Waals surface area (Å²) in [6, 6.07) is 0. The lowest BCUT2D eigenvalue weighted by Gasteiger charge is -2.25. The molecule has 1 aromatic heterocycles. The minimum atomic E-state index is -1.98. The quantitative estimate of drug-likeness (QED) is 0.0448. The fourth-order valence-electron chi connectivity index (χ4n) is 10.4. The molecular formula is C50H30O31. The molecule has 0 unspecified atom stereocenters. The first-order valence-corrected chi connectivity index (χ1v) is 21.9. The maximum Gasteiger partial charge on any atom is 0.205 e. The molecule has 31 heteroatoms. The van der Waals surface area contributed by atoms with Crippen molar-refractivity contribution < 1.29 is 158 Å². The van der Waals surface area contributed by atoms with Gasteiger partial charge in [0.1, 0.15) is 23.0 Å². The van der Waals surface area contributed by atoms with Crippen LogP contribution in [0.4, 0.5) is 0 Å². The third-order valence-corrected chi connectivity index (χ3v) is 14.1. The third kappa shape index (κ3) is 5.55. The minimum Gasteiger partial charge on any atom is -0.506 e. The smallest absolute Gasteiger partial charge is 0.205 e. The molecule has 0 spiro atoms. The third-order valence-electron chi connectivity index (χ3n) is 14.1. The summed E-state index contributed by atoms with van der Waals surface area (Å²) in [5.41, 5.74) is -11.8. The second-order valence-corrected chi connectivity index (χ2v) is 18.0. The van der Waals surface area contributed by atoms with E-state index in [0.717, 1.165) is 0 Å². The van der Waals surface area contributed by atoms with Crippen LogP contribution in [0, 0.1) is 0 Å². The van der Waals surface area contributed by atoms with Gasteiger partial charge in [-0.2, -0.15) is 0 Å². The van der Waals surface area contributed by atoms with Crippen LogP contribution >= 0.6 is 0 Å². The Morgan fingerprint density at radius 3 is 0.691 bits per heavy atom. The standard InChI is InChI=1S/C50H30O31/c51-19-9(7-8(28(60)43(75)42(74)27(7)59)10-14(19)32(64)45(77)44(76)29(10)61)13-20(52)11(30(62)37(69)31(13)63)1-3-5(25(57)40(72)38(70)23(3)55)2(6-4(1)24(56)39(71)41(73)26(6)58)12-21(53)18-17-22(54)15-16(34(66)47(79)46(78)33(15)65)36(68)49(17)81-50(18)48(80)35(12)67/h51-80H. The molecule has 416 valence electrons. The van der Waals surface area contributed by atoms with Crippen molar-refractivity contribution in [3.63, 3.8) is 0 Å². The van der Waals surface area contributed by atoms with E-state index in [1.807, 2.05) is 0 Å². The maximum absolute atomic E-state index is 12.6. The largest absolute Gasteiger partial charge is 0.506 e. The molecule has 0 radical (unpaired) electrons. The zero-order chi connectivity index (χ0) is 59.6. The Bertz CT molecular complexity index is 4840. The summed E-state index contributed by atoms with van der Waals surface area (Å²) in [6.45, 7) is 0. The molecule has 31 nitrogen and oxygen atoms in total. The molecule has 0 saturated heterocycles. The van der Waals surface area contributed by atoms with Crippen LogP contribution in [0.3, 0.4) is 0 Å². The highest BCUT2D eigenvalue weighted by atomic mass is 16.4. The van der Waals surface area contributed by atoms with Crippen molar-refractivity contribution in [2.45, 2.75) is 0 Å². The van der Waals surface area contributed by atoms with Crippen molar-refractivity contribution in [3.8, 4) is 206 Å². The fraction of sp³-hybridized carbons (Fsp3) is 0. The molecule has 10 aromatic carbocycles. The number of rotatable bonds is 3. The van der Waals surface area contributed by atoms with Gasteiger partial charge in [-0.15, -0.1) is 0 Å². The van der Waals surface area contributed by atoms with Crippen molar-refractivity contribution in [1.29, 1.82) is 0 Å². The van der Waals surface area contributed by atoms with E-state index >= 15 is 0 Å². The van der Waals surface area contributed by atoms with Crippen molar-refractivity contribution in [3.05, 3.63) is 0 Å². The lowest BCUT2D eigenvalue weighted by Crippen LogP contribution is -1.97. The Morgan fingerprint density at radius 2 is 0.321 bits per heavy atom. The van der Waals surface area contributed by atoms with Gasteiger partial charge in [-0.1, -0.05) is 0 Å². The SMILES string of the molecule is Oc1c(O)c(-c2c3c(O)c(O)c(O)c(O)c3c(-c3c(O)c(O)c4oc5c(O)c6c(O)c(O)c(O)c(O)c6c(O)c5c4c3O)c3c(O)c(O)c(O)c(O)c23)c(O)c(-c2c(O)c3c(O)c(O)c(O)c(O)c3c3c(O)c(O)c(O)c(O)c23)c1O. The molecule has 81 heavy (non-hydrogen) atoms. The zero-order valence-electron chi connectivity index (χ0n) is 38.8. The summed E-state index contributed by atoms with van der Waals surface area (Å²) in [6.07, 6.45) is 0. The van der Waals surface area contributed by atoms with E-state index in [0.29, 0.717) is 0 Å². The average Bonchev–Trinajstić information content (AvgIpc) is 2.46. The Labute approximate surface area is 438 Å². The predicted molar refractivity (Wildman–Crippen MR) is 268 cm³/mol. The lowest BCUT2D eigenvalue weighted by molar-refractivity contribution is 0.348. The van der Waals surface area contributed by atoms with Crippen LogP contribution in [0.25, 0.3) is 109 Å². The fourth-order valence-corrected chi connectivity index (χ4v) is 10.4. The number of aromatic hydroxyl groups is 30. The zero-order valence-corrected chi connectivity index (χ0v) is 38.8. The first-order valence-electron chi connectivity index (χ1n) is 21.9. The summed E-state index contributed by atoms with van der Waals surface area (Å²) in [4.78, 5) is 0. The number of hydrogen-bond donors (Lipinski definition) is 30. The predicted octanol–water partition coefficient (Wildman–Crippen LogP) is 5.52. The summed E-state index contributed by atoms with van der Waals surface area (Å²) in [5, 5.41) is 325. The number of phenols is 30. The van der Waals surface area contributed by atoms with Crippen LogP contribution in [-0.4, -0.2) is 153 Å². The van der Waals surface area contributed by atoms with Gasteiger partial charge in [-0.05, 0) is 0 Å². The molecule has 0 aliphatic rings. The molecule has 0 aliphatic carbocycles. The summed E-state index contributed by atoms with van der Waals surface area (Å²) in [5.74, 6) is -51.4. The Morgan fingerprint density at radius 1 is 0.111 bits per heavy atom. The van der Waals surface area contributed by atoms with Crippen LogP contribution in [0.5, 0.6) is 172 Å². The molecule has 1 heterocycles. The van der Waals surface area contributed by atoms with Crippen LogP contribution < -0.4 is 0 Å². The molecular weight excluding hydrogens is 1100 g/mol. The first-order chi connectivity index (χ1) is 37.8. The summed E-state index contributed by atoms with van der Waals surface area (Å²) >= 11 is 0. The van der Waals surface area contributed by atoms with E-state index < -0.39 is 282 Å². The second kappa shape index (κ2) is 15.5. The Kier molecular flexibility index (Phi) is 9.63. The molecule has 30 N–H and O–H groups in total. The second-order valence-electron chi connectivity index (χ2n) is 18.0. The van der Waals surface area contributed by atoms with Gasteiger partial charge in [0.2, 0.25) is 69.0 Å². The van der Waals surface area contributed by atoms with E-state index in [-0.39, 0.29) is 0 Å². The monoisotopic (exact) mass is 1130 g/mol. The number of phenolic OH excluding ortho intramolecular Hbond substituents is 30. The maximum atomic E-state index is 12.6. The van der Waals surface area contributed by atoms with Crippen LogP contribution in [-0.2, 0) is 0 Å². The van der Waals surface area contributed by atoms with E-state index in [1.54, 1.807) is 0 Å². The number of furan rings is 1. The van der Waals surface area contributed by atoms with Crippen LogP contribution in [0.15, 0.2) is 4.42 Å². The van der Waals surface area contributed by atoms with Gasteiger partial charge < -0.3 is 158 Å². The van der Waals surface area contributed by atoms with Crippen LogP contribution in [0.1, 0.15) is 0 Å². The molecule has 0 saturated carbocycles. The van der Waals surface area contributed by atoms with Crippen LogP contribution in [0.2, 0.25) is 0 Å². The summed E-state index contributed by atoms with van der Waals surface area (Å²) < 4.78 is 5.47. The van der Waals surface area contributed by atoms with Gasteiger partial charge in [0, 0.05) is 54.4 Å². The van der Waals surface area contributed by atoms with Crippen molar-refractivity contribution in [1.82, 2.24) is 0 Å². The molecule has 0 fully saturated rings. The highest BCUT2D eigenvalue weighted by molar-refractivity contribution is 6.34. The molecule has 11 aromatic rings. The van der Waals surface area contributed by atoms with Crippen molar-refractivity contribution in [2.75, 3.05) is 0 Å². The first kappa shape index (κ1) is 50.5. The Balaban J connectivity index is 1.41. The molecule has 0 aliphatic heterocycles. The van der Waals surface area contributed by atoms with E-state index in [1.165, 1.54) is 0 Å². The van der Waals surface area contributed by atoms with E-state index in [9.17, 15) is 153 Å². The van der Waals surface area contributed by atoms with Crippen molar-refractivity contribution >= 4 is 75.8 Å². The van der Waals surface area contributed by atoms with Gasteiger partial charge in [-0.3, -0.25) is 0 Å². The van der Waals surface area contributed by atoms with Crippen molar-refractivity contribution in [2.24, 2.45) is 0 Å². The molecule has 11 rings (SSSR count). The molecule has 0 atom stereocenters.